The van der Waals surface area contributed by atoms with Gasteiger partial charge in [0.25, 0.3) is 0 Å². The number of carbonyl (C=O) groups is 1. The summed E-state index contributed by atoms with van der Waals surface area (Å²) in [4.78, 5) is 11.8. The van der Waals surface area contributed by atoms with Gasteiger partial charge in [-0.3, -0.25) is 4.79 Å². The van der Waals surface area contributed by atoms with Gasteiger partial charge in [0, 0.05) is 11.3 Å². The first-order valence-corrected chi connectivity index (χ1v) is 6.47. The third-order valence-electron chi connectivity index (χ3n) is 2.52. The Kier molecular flexibility index (Phi) is 5.39. The van der Waals surface area contributed by atoms with Crippen LogP contribution in [0.2, 0.25) is 0 Å². The van der Waals surface area contributed by atoms with Gasteiger partial charge in [-0.15, -0.1) is 0 Å². The van der Waals surface area contributed by atoms with Crippen LogP contribution in [0.25, 0.3) is 0 Å². The molecule has 2 nitrogen and oxygen atoms in total. The fraction of sp³-hybridized carbons (Fsp3) is 0.462. The van der Waals surface area contributed by atoms with Crippen LogP contribution in [0.4, 0.5) is 0 Å². The van der Waals surface area contributed by atoms with E-state index in [1.165, 1.54) is 11.8 Å². The van der Waals surface area contributed by atoms with Crippen LogP contribution in [-0.2, 0) is 0 Å². The molecule has 0 bridgehead atoms. The predicted octanol–water partition coefficient (Wildman–Crippen LogP) is 3.61. The molecular weight excluding hydrogens is 220 g/mol. The molecule has 1 aromatic carbocycles. The molecule has 88 valence electrons. The highest BCUT2D eigenvalue weighted by Crippen LogP contribution is 2.19. The van der Waals surface area contributed by atoms with Gasteiger partial charge in [-0.25, -0.2) is 0 Å². The van der Waals surface area contributed by atoms with Gasteiger partial charge in [0.15, 0.2) is 0 Å². The van der Waals surface area contributed by atoms with E-state index >= 15 is 0 Å². The van der Waals surface area contributed by atoms with Crippen molar-refractivity contribution in [3.05, 3.63) is 29.8 Å². The first kappa shape index (κ1) is 13.1. The Labute approximate surface area is 101 Å². The smallest absolute Gasteiger partial charge is 0.219 e. The Morgan fingerprint density at radius 2 is 2.00 bits per heavy atom. The minimum absolute atomic E-state index is 0.142. The average Bonchev–Trinajstić information content (AvgIpc) is 2.35. The zero-order valence-electron chi connectivity index (χ0n) is 10.0. The molecule has 3 heteroatoms. The van der Waals surface area contributed by atoms with Gasteiger partial charge < -0.3 is 4.74 Å². The summed E-state index contributed by atoms with van der Waals surface area (Å²) in [7, 11) is 1.62. The highest BCUT2D eigenvalue weighted by molar-refractivity contribution is 8.14. The molecule has 1 aromatic rings. The number of carbonyl (C=O) groups excluding carboxylic acids is 1. The van der Waals surface area contributed by atoms with E-state index in [9.17, 15) is 4.79 Å². The molecule has 0 aromatic heterocycles. The second kappa shape index (κ2) is 6.59. The number of thioether (sulfide) groups is 1. The van der Waals surface area contributed by atoms with Crippen molar-refractivity contribution in [2.75, 3.05) is 12.9 Å². The monoisotopic (exact) mass is 238 g/mol. The maximum atomic E-state index is 11.8. The van der Waals surface area contributed by atoms with Crippen LogP contribution in [0.1, 0.15) is 30.6 Å². The van der Waals surface area contributed by atoms with Crippen molar-refractivity contribution in [2.45, 2.75) is 20.3 Å². The summed E-state index contributed by atoms with van der Waals surface area (Å²) in [5.41, 5.74) is 0.745. The Hall–Kier alpha value is -0.960. The fourth-order valence-electron chi connectivity index (χ4n) is 1.15. The minimum Gasteiger partial charge on any atom is -0.497 e. The second-order valence-corrected chi connectivity index (χ2v) is 4.83. The van der Waals surface area contributed by atoms with Crippen molar-refractivity contribution in [3.8, 4) is 5.75 Å². The van der Waals surface area contributed by atoms with Gasteiger partial charge >= 0.3 is 0 Å². The van der Waals surface area contributed by atoms with Crippen LogP contribution < -0.4 is 4.74 Å². The van der Waals surface area contributed by atoms with E-state index < -0.39 is 0 Å². The van der Waals surface area contributed by atoms with E-state index in [4.69, 9.17) is 4.74 Å². The van der Waals surface area contributed by atoms with Crippen molar-refractivity contribution in [2.24, 2.45) is 5.92 Å². The van der Waals surface area contributed by atoms with Gasteiger partial charge in [-0.05, 0) is 30.2 Å². The van der Waals surface area contributed by atoms with Crippen molar-refractivity contribution < 1.29 is 9.53 Å². The van der Waals surface area contributed by atoms with Crippen molar-refractivity contribution >= 4 is 16.9 Å². The molecule has 0 aliphatic rings. The van der Waals surface area contributed by atoms with E-state index in [1.807, 2.05) is 24.3 Å². The van der Waals surface area contributed by atoms with Crippen LogP contribution in [0.5, 0.6) is 5.75 Å². The summed E-state index contributed by atoms with van der Waals surface area (Å²) in [6, 6.07) is 7.25. The zero-order valence-corrected chi connectivity index (χ0v) is 10.8. The van der Waals surface area contributed by atoms with E-state index in [2.05, 4.69) is 13.8 Å². The highest BCUT2D eigenvalue weighted by atomic mass is 32.2. The molecular formula is C13H18O2S. The summed E-state index contributed by atoms with van der Waals surface area (Å²) in [5, 5.41) is 0.142. The van der Waals surface area contributed by atoms with Crippen LogP contribution in [-0.4, -0.2) is 18.0 Å². The molecule has 0 aliphatic heterocycles. The number of ether oxygens (including phenoxy) is 1. The highest BCUT2D eigenvalue weighted by Gasteiger charge is 2.08. The number of hydrogen-bond acceptors (Lipinski definition) is 3. The average molecular weight is 238 g/mol. The maximum Gasteiger partial charge on any atom is 0.219 e. The predicted molar refractivity (Wildman–Crippen MR) is 69.2 cm³/mol. The van der Waals surface area contributed by atoms with Crippen LogP contribution in [0.3, 0.4) is 0 Å². The molecule has 0 heterocycles. The van der Waals surface area contributed by atoms with Crippen LogP contribution >= 0.6 is 11.8 Å². The Morgan fingerprint density at radius 3 is 2.50 bits per heavy atom. The lowest BCUT2D eigenvalue weighted by Crippen LogP contribution is -2.01. The van der Waals surface area contributed by atoms with Gasteiger partial charge in [0.05, 0.1) is 7.11 Å². The molecule has 0 N–H and O–H groups in total. The fourth-order valence-corrected chi connectivity index (χ4v) is 2.12. The topological polar surface area (TPSA) is 26.3 Å². The van der Waals surface area contributed by atoms with E-state index in [-0.39, 0.29) is 5.12 Å². The van der Waals surface area contributed by atoms with Crippen molar-refractivity contribution in [3.63, 3.8) is 0 Å². The Balaban J connectivity index is 2.52. The van der Waals surface area contributed by atoms with Crippen molar-refractivity contribution in [1.29, 1.82) is 0 Å². The third kappa shape index (κ3) is 3.89. The lowest BCUT2D eigenvalue weighted by atomic mass is 10.2. The summed E-state index contributed by atoms with van der Waals surface area (Å²) in [5.74, 6) is 2.26. The lowest BCUT2D eigenvalue weighted by molar-refractivity contribution is 0.108. The number of benzene rings is 1. The minimum atomic E-state index is 0.142. The maximum absolute atomic E-state index is 11.8. The SMILES string of the molecule is CCC(C)CSC(=O)c1ccc(OC)cc1. The van der Waals surface area contributed by atoms with Crippen molar-refractivity contribution in [1.82, 2.24) is 0 Å². The molecule has 1 unspecified atom stereocenters. The first-order chi connectivity index (χ1) is 7.67. The molecule has 0 amide bonds. The number of methoxy groups -OCH3 is 1. The molecule has 0 fully saturated rings. The lowest BCUT2D eigenvalue weighted by Gasteiger charge is -2.07. The molecule has 1 atom stereocenters. The van der Waals surface area contributed by atoms with E-state index in [0.29, 0.717) is 5.92 Å². The molecule has 0 saturated heterocycles. The Morgan fingerprint density at radius 1 is 1.38 bits per heavy atom. The molecule has 16 heavy (non-hydrogen) atoms. The summed E-state index contributed by atoms with van der Waals surface area (Å²) in [6.45, 7) is 4.30. The number of hydrogen-bond donors (Lipinski definition) is 0. The van der Waals surface area contributed by atoms with Gasteiger partial charge in [-0.1, -0.05) is 32.0 Å². The molecule has 0 saturated carbocycles. The van der Waals surface area contributed by atoms with E-state index in [1.54, 1.807) is 7.11 Å². The number of rotatable bonds is 5. The second-order valence-electron chi connectivity index (χ2n) is 3.84. The van der Waals surface area contributed by atoms with Gasteiger partial charge in [-0.2, -0.15) is 0 Å². The van der Waals surface area contributed by atoms with Gasteiger partial charge in [0.2, 0.25) is 5.12 Å². The van der Waals surface area contributed by atoms with E-state index in [0.717, 1.165) is 23.5 Å². The molecule has 0 aliphatic carbocycles. The molecule has 0 spiro atoms. The summed E-state index contributed by atoms with van der Waals surface area (Å²) >= 11 is 1.40. The van der Waals surface area contributed by atoms with Crippen LogP contribution in [0.15, 0.2) is 24.3 Å². The Bertz CT molecular complexity index is 332. The largest absolute Gasteiger partial charge is 0.497 e. The zero-order chi connectivity index (χ0) is 12.0. The quantitative estimate of drug-likeness (QED) is 0.783. The standard InChI is InChI=1S/C13H18O2S/c1-4-10(2)9-16-13(14)11-5-7-12(15-3)8-6-11/h5-8,10H,4,9H2,1-3H3. The van der Waals surface area contributed by atoms with Gasteiger partial charge in [0.1, 0.15) is 5.75 Å². The summed E-state index contributed by atoms with van der Waals surface area (Å²) in [6.07, 6.45) is 1.11. The third-order valence-corrected chi connectivity index (χ3v) is 3.76. The molecule has 0 radical (unpaired) electrons. The summed E-state index contributed by atoms with van der Waals surface area (Å²) < 4.78 is 5.05. The van der Waals surface area contributed by atoms with Crippen LogP contribution in [0, 0.1) is 5.92 Å². The molecule has 1 rings (SSSR count). The first-order valence-electron chi connectivity index (χ1n) is 5.48. The normalized spacial score (nSPS) is 12.2.